The number of allylic oxidation sites excluding steroid dienone is 1. The number of carbonyl (C=O) groups is 2. The summed E-state index contributed by atoms with van der Waals surface area (Å²) >= 11 is 0. The molecule has 0 saturated carbocycles. The highest BCUT2D eigenvalue weighted by molar-refractivity contribution is 5.80. The van der Waals surface area contributed by atoms with E-state index in [1.54, 1.807) is 6.08 Å². The zero-order chi connectivity index (χ0) is 66.0. The number of esters is 1. The van der Waals surface area contributed by atoms with Crippen molar-refractivity contribution in [3.63, 3.8) is 0 Å². The first-order valence-electron chi connectivity index (χ1n) is 40.5. The molecule has 8 unspecified atom stereocenters. The van der Waals surface area contributed by atoms with E-state index in [2.05, 4.69) is 26.1 Å². The van der Waals surface area contributed by atoms with Gasteiger partial charge in [-0.05, 0) is 25.7 Å². The normalized spacial score (nSPS) is 17.9. The van der Waals surface area contributed by atoms with Gasteiger partial charge in [0.2, 0.25) is 5.91 Å². The molecule has 0 spiro atoms. The van der Waals surface area contributed by atoms with Crippen LogP contribution in [0, 0.1) is 0 Å². The number of hydrogen-bond donors (Lipinski definition) is 6. The molecule has 0 aromatic heterocycles. The Morgan fingerprint density at radius 3 is 1.03 bits per heavy atom. The number of nitrogens with one attached hydrogen (secondary N) is 1. The number of hydrogen-bond acceptors (Lipinski definition) is 10. The molecule has 8 atom stereocenters. The van der Waals surface area contributed by atoms with Gasteiger partial charge in [-0.2, -0.15) is 0 Å². The molecule has 1 heterocycles. The number of aliphatic hydroxyl groups is 5. The summed E-state index contributed by atoms with van der Waals surface area (Å²) in [6.45, 7) is 5.89. The number of ether oxygens (including phenoxy) is 3. The van der Waals surface area contributed by atoms with E-state index in [1.807, 2.05) is 6.08 Å². The van der Waals surface area contributed by atoms with Gasteiger partial charge in [-0.15, -0.1) is 0 Å². The van der Waals surface area contributed by atoms with Crippen molar-refractivity contribution < 1.29 is 49.3 Å². The molecular formula is C80H155NO10. The predicted octanol–water partition coefficient (Wildman–Crippen LogP) is 21.8. The summed E-state index contributed by atoms with van der Waals surface area (Å²) in [6, 6.07) is -1.02. The maximum Gasteiger partial charge on any atom is 0.306 e. The average molecular weight is 1290 g/mol. The Hall–Kier alpha value is -1.60. The van der Waals surface area contributed by atoms with Gasteiger partial charge in [0.25, 0.3) is 0 Å². The Kier molecular flexibility index (Phi) is 65.6. The van der Waals surface area contributed by atoms with Crippen LogP contribution in [-0.2, 0) is 23.8 Å². The molecule has 1 aliphatic heterocycles. The molecule has 0 aliphatic carbocycles. The second kappa shape index (κ2) is 68.3. The van der Waals surface area contributed by atoms with Gasteiger partial charge in [-0.1, -0.05) is 405 Å². The fourth-order valence-electron chi connectivity index (χ4n) is 13.4. The van der Waals surface area contributed by atoms with E-state index < -0.39 is 67.4 Å². The standard InChI is InChI=1S/C80H155NO10/c1-4-7-10-13-16-19-22-25-27-29-31-33-35-37-39-41-43-45-47-50-53-56-59-62-65-68-75(85)91-78-77(87)76(86)74(69-82)90-80(78)89-70-71(72(83)66-63-60-57-54-51-48-24-21-18-15-12-9-6-3)81-79(88)73(84)67-64-61-58-55-52-49-46-44-42-40-38-36-34-32-30-28-26-23-20-17-14-11-8-5-2/h63,66,71-74,76-78,80,82-84,86-87H,4-62,64-65,67-70H2,1-3H3,(H,81,88)/b66-63+. The Morgan fingerprint density at radius 2 is 0.714 bits per heavy atom. The van der Waals surface area contributed by atoms with E-state index >= 15 is 0 Å². The lowest BCUT2D eigenvalue weighted by Crippen LogP contribution is -2.61. The van der Waals surface area contributed by atoms with Crippen molar-refractivity contribution in [1.29, 1.82) is 0 Å². The quantitative estimate of drug-likeness (QED) is 0.0195. The molecule has 1 rings (SSSR count). The van der Waals surface area contributed by atoms with Crippen molar-refractivity contribution in [2.45, 2.75) is 474 Å². The van der Waals surface area contributed by atoms with Crippen LogP contribution in [0.1, 0.15) is 425 Å². The van der Waals surface area contributed by atoms with Crippen LogP contribution in [0.15, 0.2) is 12.2 Å². The third-order valence-corrected chi connectivity index (χ3v) is 19.7. The van der Waals surface area contributed by atoms with Crippen molar-refractivity contribution in [3.05, 3.63) is 12.2 Å². The Balaban J connectivity index is 2.49. The van der Waals surface area contributed by atoms with Crippen LogP contribution in [0.4, 0.5) is 0 Å². The molecule has 0 bridgehead atoms. The maximum atomic E-state index is 13.5. The number of aliphatic hydroxyl groups excluding tert-OH is 5. The van der Waals surface area contributed by atoms with Crippen LogP contribution < -0.4 is 5.32 Å². The zero-order valence-electron chi connectivity index (χ0n) is 60.5. The molecule has 0 aromatic rings. The Bertz CT molecular complexity index is 1530. The van der Waals surface area contributed by atoms with E-state index in [0.29, 0.717) is 19.3 Å². The Labute approximate surface area is 563 Å². The van der Waals surface area contributed by atoms with Gasteiger partial charge >= 0.3 is 5.97 Å². The summed E-state index contributed by atoms with van der Waals surface area (Å²) in [5, 5.41) is 57.5. The van der Waals surface area contributed by atoms with E-state index in [1.165, 1.54) is 321 Å². The maximum absolute atomic E-state index is 13.5. The smallest absolute Gasteiger partial charge is 0.306 e. The minimum Gasteiger partial charge on any atom is -0.454 e. The number of amides is 1. The number of carbonyl (C=O) groups excluding carboxylic acids is 2. The lowest BCUT2D eigenvalue weighted by atomic mass is 9.99. The molecule has 1 fully saturated rings. The van der Waals surface area contributed by atoms with Gasteiger partial charge < -0.3 is 45.1 Å². The summed E-state index contributed by atoms with van der Waals surface area (Å²) in [6.07, 6.45) is 72.8. The van der Waals surface area contributed by atoms with Gasteiger partial charge in [-0.25, -0.2) is 0 Å². The second-order valence-corrected chi connectivity index (χ2v) is 28.5. The minimum absolute atomic E-state index is 0.133. The molecule has 0 aromatic carbocycles. The molecule has 1 aliphatic rings. The van der Waals surface area contributed by atoms with Crippen LogP contribution in [0.25, 0.3) is 0 Å². The third-order valence-electron chi connectivity index (χ3n) is 19.7. The van der Waals surface area contributed by atoms with Gasteiger partial charge in [0, 0.05) is 6.42 Å². The molecule has 540 valence electrons. The highest BCUT2D eigenvalue weighted by Gasteiger charge is 2.47. The van der Waals surface area contributed by atoms with Crippen molar-refractivity contribution in [3.8, 4) is 0 Å². The summed E-state index contributed by atoms with van der Waals surface area (Å²) in [5.41, 5.74) is 0. The lowest BCUT2D eigenvalue weighted by Gasteiger charge is -2.41. The first kappa shape index (κ1) is 87.4. The van der Waals surface area contributed by atoms with Crippen LogP contribution >= 0.6 is 0 Å². The molecule has 11 nitrogen and oxygen atoms in total. The monoisotopic (exact) mass is 1290 g/mol. The zero-order valence-corrected chi connectivity index (χ0v) is 60.5. The van der Waals surface area contributed by atoms with Gasteiger partial charge in [-0.3, -0.25) is 9.59 Å². The van der Waals surface area contributed by atoms with Crippen molar-refractivity contribution >= 4 is 11.9 Å². The second-order valence-electron chi connectivity index (χ2n) is 28.5. The van der Waals surface area contributed by atoms with Gasteiger partial charge in [0.05, 0.1) is 25.4 Å². The first-order chi connectivity index (χ1) is 44.7. The molecular weight excluding hydrogens is 1130 g/mol. The fourth-order valence-corrected chi connectivity index (χ4v) is 13.4. The largest absolute Gasteiger partial charge is 0.454 e. The molecule has 11 heteroatoms. The fraction of sp³-hybridized carbons (Fsp3) is 0.950. The van der Waals surface area contributed by atoms with Crippen molar-refractivity contribution in [2.75, 3.05) is 13.2 Å². The highest BCUT2D eigenvalue weighted by atomic mass is 16.7. The van der Waals surface area contributed by atoms with Crippen LogP contribution in [0.2, 0.25) is 0 Å². The van der Waals surface area contributed by atoms with E-state index in [4.69, 9.17) is 14.2 Å². The summed E-state index contributed by atoms with van der Waals surface area (Å²) in [7, 11) is 0. The van der Waals surface area contributed by atoms with E-state index in [-0.39, 0.29) is 13.0 Å². The third kappa shape index (κ3) is 55.1. The van der Waals surface area contributed by atoms with E-state index in [0.717, 1.165) is 57.8 Å². The number of rotatable bonds is 72. The molecule has 1 saturated heterocycles. The molecule has 1 amide bonds. The number of unbranched alkanes of at least 4 members (excludes halogenated alkanes) is 58. The minimum atomic E-state index is -1.61. The first-order valence-corrected chi connectivity index (χ1v) is 40.5. The van der Waals surface area contributed by atoms with Gasteiger partial charge in [0.15, 0.2) is 12.4 Å². The van der Waals surface area contributed by atoms with Crippen molar-refractivity contribution in [2.24, 2.45) is 0 Å². The average Bonchev–Trinajstić information content (AvgIpc) is 1.00. The Morgan fingerprint density at radius 1 is 0.418 bits per heavy atom. The molecule has 91 heavy (non-hydrogen) atoms. The summed E-state index contributed by atoms with van der Waals surface area (Å²) in [4.78, 5) is 26.8. The highest BCUT2D eigenvalue weighted by Crippen LogP contribution is 2.27. The predicted molar refractivity (Wildman–Crippen MR) is 385 cm³/mol. The van der Waals surface area contributed by atoms with Crippen LogP contribution in [0.5, 0.6) is 0 Å². The van der Waals surface area contributed by atoms with Crippen LogP contribution in [0.3, 0.4) is 0 Å². The lowest BCUT2D eigenvalue weighted by molar-refractivity contribution is -0.305. The SMILES string of the molecule is CCCCCCCCCCCCC/C=C/C(O)C(COC1OC(CO)C(O)C(O)C1OC(=O)CCCCCCCCCCCCCCCCCCCCCCCCCCC)NC(=O)C(O)CCCCCCCCCCCCCCCCCCCCCCCCCC. The topological polar surface area (TPSA) is 175 Å². The molecule has 6 N–H and O–H groups in total. The van der Waals surface area contributed by atoms with Crippen LogP contribution in [-0.4, -0.2) is 99.6 Å². The van der Waals surface area contributed by atoms with Crippen molar-refractivity contribution in [1.82, 2.24) is 5.32 Å². The summed E-state index contributed by atoms with van der Waals surface area (Å²) < 4.78 is 17.8. The van der Waals surface area contributed by atoms with E-state index in [9.17, 15) is 35.1 Å². The van der Waals surface area contributed by atoms with Gasteiger partial charge in [0.1, 0.15) is 24.4 Å². The molecule has 0 radical (unpaired) electrons. The summed E-state index contributed by atoms with van der Waals surface area (Å²) in [5.74, 6) is -1.17.